The SMILES string of the molecule is CCc1cc(NC(=O)c2ccc3cc[nH]c3c2)n[nH]1. The summed E-state index contributed by atoms with van der Waals surface area (Å²) >= 11 is 0. The van der Waals surface area contributed by atoms with E-state index < -0.39 is 0 Å². The van der Waals surface area contributed by atoms with Crippen molar-refractivity contribution in [3.8, 4) is 0 Å². The number of aromatic nitrogens is 3. The molecule has 0 saturated carbocycles. The lowest BCUT2D eigenvalue weighted by Crippen LogP contribution is -2.11. The van der Waals surface area contributed by atoms with Crippen LogP contribution in [0, 0.1) is 0 Å². The first-order chi connectivity index (χ1) is 9.26. The van der Waals surface area contributed by atoms with E-state index in [-0.39, 0.29) is 5.91 Å². The highest BCUT2D eigenvalue weighted by Crippen LogP contribution is 2.15. The zero-order valence-electron chi connectivity index (χ0n) is 10.5. The van der Waals surface area contributed by atoms with Crippen LogP contribution in [0.15, 0.2) is 36.5 Å². The van der Waals surface area contributed by atoms with E-state index in [1.165, 1.54) is 0 Å². The van der Waals surface area contributed by atoms with Gasteiger partial charge in [0.2, 0.25) is 0 Å². The van der Waals surface area contributed by atoms with Gasteiger partial charge in [-0.15, -0.1) is 0 Å². The fourth-order valence-corrected chi connectivity index (χ4v) is 1.98. The average molecular weight is 254 g/mol. The fraction of sp³-hybridized carbons (Fsp3) is 0.143. The molecule has 2 aromatic heterocycles. The predicted octanol–water partition coefficient (Wildman–Crippen LogP) is 2.71. The molecule has 0 aliphatic carbocycles. The smallest absolute Gasteiger partial charge is 0.256 e. The molecule has 96 valence electrons. The molecule has 0 atom stereocenters. The highest BCUT2D eigenvalue weighted by Gasteiger charge is 2.09. The topological polar surface area (TPSA) is 73.6 Å². The Labute approximate surface area is 110 Å². The maximum atomic E-state index is 12.1. The number of hydrogen-bond acceptors (Lipinski definition) is 2. The molecule has 3 rings (SSSR count). The zero-order valence-corrected chi connectivity index (χ0v) is 10.5. The number of rotatable bonds is 3. The minimum absolute atomic E-state index is 0.161. The van der Waals surface area contributed by atoms with Gasteiger partial charge in [-0.3, -0.25) is 9.89 Å². The lowest BCUT2D eigenvalue weighted by atomic mass is 10.1. The second-order valence-electron chi connectivity index (χ2n) is 4.37. The van der Waals surface area contributed by atoms with E-state index >= 15 is 0 Å². The van der Waals surface area contributed by atoms with E-state index in [2.05, 4.69) is 20.5 Å². The van der Waals surface area contributed by atoms with Crippen molar-refractivity contribution in [3.63, 3.8) is 0 Å². The summed E-state index contributed by atoms with van der Waals surface area (Å²) in [5.41, 5.74) is 2.55. The first-order valence-electron chi connectivity index (χ1n) is 6.19. The fourth-order valence-electron chi connectivity index (χ4n) is 1.98. The van der Waals surface area contributed by atoms with Gasteiger partial charge in [-0.05, 0) is 30.0 Å². The number of amides is 1. The molecule has 1 aromatic carbocycles. The highest BCUT2D eigenvalue weighted by molar-refractivity contribution is 6.05. The molecule has 2 heterocycles. The molecule has 0 aliphatic rings. The molecule has 3 aromatic rings. The molecule has 0 saturated heterocycles. The Bertz CT molecular complexity index is 726. The number of H-pyrrole nitrogens is 2. The Balaban J connectivity index is 1.82. The van der Waals surface area contributed by atoms with Crippen LogP contribution in [0.2, 0.25) is 0 Å². The Morgan fingerprint density at radius 1 is 1.32 bits per heavy atom. The molecule has 0 unspecified atom stereocenters. The van der Waals surface area contributed by atoms with Crippen LogP contribution in [0.1, 0.15) is 23.0 Å². The van der Waals surface area contributed by atoms with Gasteiger partial charge in [0, 0.05) is 29.0 Å². The molecule has 5 heteroatoms. The molecule has 0 fully saturated rings. The van der Waals surface area contributed by atoms with Gasteiger partial charge in [0.05, 0.1) is 0 Å². The largest absolute Gasteiger partial charge is 0.361 e. The Hall–Kier alpha value is -2.56. The number of nitrogens with zero attached hydrogens (tertiary/aromatic N) is 1. The molecule has 5 nitrogen and oxygen atoms in total. The summed E-state index contributed by atoms with van der Waals surface area (Å²) in [6.07, 6.45) is 2.71. The summed E-state index contributed by atoms with van der Waals surface area (Å²) in [5.74, 6) is 0.388. The number of benzene rings is 1. The molecule has 0 spiro atoms. The van der Waals surface area contributed by atoms with Crippen LogP contribution in [0.3, 0.4) is 0 Å². The molecule has 0 radical (unpaired) electrons. The number of nitrogens with one attached hydrogen (secondary N) is 3. The summed E-state index contributed by atoms with van der Waals surface area (Å²) < 4.78 is 0. The second-order valence-corrected chi connectivity index (χ2v) is 4.37. The van der Waals surface area contributed by atoms with Gasteiger partial charge in [-0.1, -0.05) is 13.0 Å². The second kappa shape index (κ2) is 4.61. The first-order valence-corrected chi connectivity index (χ1v) is 6.19. The van der Waals surface area contributed by atoms with Crippen molar-refractivity contribution in [3.05, 3.63) is 47.8 Å². The van der Waals surface area contributed by atoms with Crippen molar-refractivity contribution in [2.45, 2.75) is 13.3 Å². The van der Waals surface area contributed by atoms with Gasteiger partial charge in [0.15, 0.2) is 5.82 Å². The van der Waals surface area contributed by atoms with E-state index in [0.29, 0.717) is 11.4 Å². The average Bonchev–Trinajstić information content (AvgIpc) is 3.05. The number of aryl methyl sites for hydroxylation is 1. The van der Waals surface area contributed by atoms with Crippen LogP contribution in [0.25, 0.3) is 10.9 Å². The molecular formula is C14H14N4O. The number of aromatic amines is 2. The monoisotopic (exact) mass is 254 g/mol. The van der Waals surface area contributed by atoms with Gasteiger partial charge < -0.3 is 10.3 Å². The molecule has 3 N–H and O–H groups in total. The van der Waals surface area contributed by atoms with Crippen molar-refractivity contribution >= 4 is 22.6 Å². The van der Waals surface area contributed by atoms with Crippen LogP contribution >= 0.6 is 0 Å². The van der Waals surface area contributed by atoms with Crippen molar-refractivity contribution in [2.75, 3.05) is 5.32 Å². The van der Waals surface area contributed by atoms with E-state index in [0.717, 1.165) is 23.0 Å². The normalized spacial score (nSPS) is 10.8. The van der Waals surface area contributed by atoms with Gasteiger partial charge >= 0.3 is 0 Å². The third-order valence-electron chi connectivity index (χ3n) is 3.07. The Morgan fingerprint density at radius 2 is 2.21 bits per heavy atom. The quantitative estimate of drug-likeness (QED) is 0.672. The summed E-state index contributed by atoms with van der Waals surface area (Å²) in [4.78, 5) is 15.2. The first kappa shape index (κ1) is 11.5. The number of hydrogen-bond donors (Lipinski definition) is 3. The van der Waals surface area contributed by atoms with E-state index in [1.807, 2.05) is 37.4 Å². The van der Waals surface area contributed by atoms with Crippen LogP contribution < -0.4 is 5.32 Å². The molecule has 0 bridgehead atoms. The molecule has 0 aliphatic heterocycles. The summed E-state index contributed by atoms with van der Waals surface area (Å²) in [7, 11) is 0. The lowest BCUT2D eigenvalue weighted by molar-refractivity contribution is 0.102. The van der Waals surface area contributed by atoms with Gasteiger partial charge in [0.1, 0.15) is 0 Å². The third-order valence-corrected chi connectivity index (χ3v) is 3.07. The van der Waals surface area contributed by atoms with Crippen LogP contribution in [0.5, 0.6) is 0 Å². The Kier molecular flexibility index (Phi) is 2.79. The van der Waals surface area contributed by atoms with Gasteiger partial charge in [-0.25, -0.2) is 0 Å². The van der Waals surface area contributed by atoms with Crippen LogP contribution in [-0.4, -0.2) is 21.1 Å². The number of carbonyl (C=O) groups is 1. The molecule has 1 amide bonds. The van der Waals surface area contributed by atoms with E-state index in [4.69, 9.17) is 0 Å². The highest BCUT2D eigenvalue weighted by atomic mass is 16.1. The molecule has 19 heavy (non-hydrogen) atoms. The maximum absolute atomic E-state index is 12.1. The summed E-state index contributed by atoms with van der Waals surface area (Å²) in [6.45, 7) is 2.03. The van der Waals surface area contributed by atoms with Crippen LogP contribution in [0.4, 0.5) is 5.82 Å². The minimum atomic E-state index is -0.161. The van der Waals surface area contributed by atoms with E-state index in [1.54, 1.807) is 6.07 Å². The number of carbonyl (C=O) groups excluding carboxylic acids is 1. The van der Waals surface area contributed by atoms with Crippen molar-refractivity contribution in [1.29, 1.82) is 0 Å². The number of fused-ring (bicyclic) bond motifs is 1. The minimum Gasteiger partial charge on any atom is -0.361 e. The predicted molar refractivity (Wildman–Crippen MR) is 74.2 cm³/mol. The van der Waals surface area contributed by atoms with Gasteiger partial charge in [-0.2, -0.15) is 5.10 Å². The van der Waals surface area contributed by atoms with Gasteiger partial charge in [0.25, 0.3) is 5.91 Å². The zero-order chi connectivity index (χ0) is 13.2. The molecular weight excluding hydrogens is 240 g/mol. The lowest BCUT2D eigenvalue weighted by Gasteiger charge is -2.01. The standard InChI is InChI=1S/C14H14N4O/c1-2-11-8-13(18-17-11)16-14(19)10-4-3-9-5-6-15-12(9)7-10/h3-8,15H,2H2,1H3,(H2,16,17,18,19). The van der Waals surface area contributed by atoms with E-state index in [9.17, 15) is 4.79 Å². The maximum Gasteiger partial charge on any atom is 0.256 e. The summed E-state index contributed by atoms with van der Waals surface area (Å²) in [6, 6.07) is 9.36. The van der Waals surface area contributed by atoms with Crippen molar-refractivity contribution in [2.24, 2.45) is 0 Å². The van der Waals surface area contributed by atoms with Crippen molar-refractivity contribution < 1.29 is 4.79 Å². The summed E-state index contributed by atoms with van der Waals surface area (Å²) in [5, 5.41) is 10.8. The third kappa shape index (κ3) is 2.22. The van der Waals surface area contributed by atoms with Crippen LogP contribution in [-0.2, 0) is 6.42 Å². The Morgan fingerprint density at radius 3 is 3.00 bits per heavy atom. The number of anilines is 1. The van der Waals surface area contributed by atoms with Crippen molar-refractivity contribution in [1.82, 2.24) is 15.2 Å².